The van der Waals surface area contributed by atoms with E-state index in [1.807, 2.05) is 27.7 Å². The van der Waals surface area contributed by atoms with Crippen LogP contribution in [0.4, 0.5) is 0 Å². The highest BCUT2D eigenvalue weighted by Gasteiger charge is 1.95. The average Bonchev–Trinajstić information content (AvgIpc) is 2.17. The minimum absolute atomic E-state index is 1.27. The second-order valence-electron chi connectivity index (χ2n) is 2.53. The van der Waals surface area contributed by atoms with Crippen molar-refractivity contribution in [3.63, 3.8) is 0 Å². The summed E-state index contributed by atoms with van der Waals surface area (Å²) in [5.74, 6) is 0. The van der Waals surface area contributed by atoms with E-state index in [0.717, 1.165) is 0 Å². The van der Waals surface area contributed by atoms with Crippen LogP contribution in [0.15, 0.2) is 23.3 Å². The molecule has 0 heterocycles. The number of hydrogen-bond acceptors (Lipinski definition) is 0. The van der Waals surface area contributed by atoms with Gasteiger partial charge >= 0.3 is 0 Å². The molecule has 0 saturated carbocycles. The molecule has 0 aromatic rings. The van der Waals surface area contributed by atoms with Gasteiger partial charge < -0.3 is 0 Å². The zero-order valence-electron chi connectivity index (χ0n) is 9.57. The van der Waals surface area contributed by atoms with Crippen LogP contribution in [0, 0.1) is 0 Å². The molecular weight excluding hydrogens is 144 g/mol. The van der Waals surface area contributed by atoms with Crippen molar-refractivity contribution in [1.82, 2.24) is 0 Å². The Hall–Kier alpha value is -0.520. The van der Waals surface area contributed by atoms with Gasteiger partial charge in [-0.15, -0.1) is 0 Å². The maximum atomic E-state index is 2.21. The van der Waals surface area contributed by atoms with E-state index in [1.165, 1.54) is 24.0 Å². The molecule has 0 aliphatic heterocycles. The normalized spacial score (nSPS) is 14.2. The molecule has 0 N–H and O–H groups in total. The third-order valence-corrected chi connectivity index (χ3v) is 1.57. The molecule has 1 aliphatic carbocycles. The molecule has 0 spiro atoms. The predicted octanol–water partition coefficient (Wildman–Crippen LogP) is 4.73. The first kappa shape index (κ1) is 14.0. The standard InChI is InChI=1S/C8H12.2C2H6/c1-7-3-5-8(2)6-4-7;2*1-2/h3,5H,4,6H2,1-2H3;2*1-2H3. The first-order valence-corrected chi connectivity index (χ1v) is 5.12. The van der Waals surface area contributed by atoms with Crippen LogP contribution in [0.1, 0.15) is 54.4 Å². The first-order valence-electron chi connectivity index (χ1n) is 5.12. The summed E-state index contributed by atoms with van der Waals surface area (Å²) in [6.45, 7) is 12.4. The van der Waals surface area contributed by atoms with Gasteiger partial charge in [0.2, 0.25) is 0 Å². The highest BCUT2D eigenvalue weighted by molar-refractivity contribution is 5.20. The van der Waals surface area contributed by atoms with Crippen molar-refractivity contribution in [3.8, 4) is 0 Å². The first-order chi connectivity index (χ1) is 5.79. The predicted molar refractivity (Wildman–Crippen MR) is 59.4 cm³/mol. The Morgan fingerprint density at radius 3 is 1.17 bits per heavy atom. The van der Waals surface area contributed by atoms with E-state index in [9.17, 15) is 0 Å². The topological polar surface area (TPSA) is 0 Å². The zero-order valence-corrected chi connectivity index (χ0v) is 9.57. The molecule has 12 heavy (non-hydrogen) atoms. The van der Waals surface area contributed by atoms with Crippen molar-refractivity contribution in [1.29, 1.82) is 0 Å². The van der Waals surface area contributed by atoms with Gasteiger partial charge in [0.05, 0.1) is 0 Å². The van der Waals surface area contributed by atoms with Crippen molar-refractivity contribution in [2.75, 3.05) is 0 Å². The fourth-order valence-corrected chi connectivity index (χ4v) is 0.846. The molecule has 0 aromatic carbocycles. The van der Waals surface area contributed by atoms with Gasteiger partial charge in [-0.25, -0.2) is 0 Å². The van der Waals surface area contributed by atoms with E-state index in [1.54, 1.807) is 0 Å². The molecule has 1 rings (SSSR count). The summed E-state index contributed by atoms with van der Waals surface area (Å²) in [7, 11) is 0. The van der Waals surface area contributed by atoms with Crippen LogP contribution >= 0.6 is 0 Å². The fraction of sp³-hybridized carbons (Fsp3) is 0.667. The molecule has 0 fully saturated rings. The zero-order chi connectivity index (χ0) is 9.98. The van der Waals surface area contributed by atoms with Crippen molar-refractivity contribution in [2.24, 2.45) is 0 Å². The minimum Gasteiger partial charge on any atom is -0.0730 e. The van der Waals surface area contributed by atoms with Crippen LogP contribution in [0.5, 0.6) is 0 Å². The molecular formula is C12H24. The van der Waals surface area contributed by atoms with Crippen LogP contribution in [-0.4, -0.2) is 0 Å². The third kappa shape index (κ3) is 7.59. The largest absolute Gasteiger partial charge is 0.0730 e. The Balaban J connectivity index is 0. The molecule has 0 aromatic heterocycles. The lowest BCUT2D eigenvalue weighted by Crippen LogP contribution is -1.85. The van der Waals surface area contributed by atoms with Crippen LogP contribution < -0.4 is 0 Å². The SMILES string of the molecule is CC.CC.CC1=CC=C(C)CC1. The summed E-state index contributed by atoms with van der Waals surface area (Å²) < 4.78 is 0. The molecule has 72 valence electrons. The van der Waals surface area contributed by atoms with Crippen molar-refractivity contribution in [3.05, 3.63) is 23.3 Å². The van der Waals surface area contributed by atoms with Crippen molar-refractivity contribution < 1.29 is 0 Å². The van der Waals surface area contributed by atoms with Gasteiger partial charge in [0.1, 0.15) is 0 Å². The van der Waals surface area contributed by atoms with Crippen LogP contribution in [0.2, 0.25) is 0 Å². The van der Waals surface area contributed by atoms with Crippen LogP contribution in [0.25, 0.3) is 0 Å². The third-order valence-electron chi connectivity index (χ3n) is 1.57. The molecule has 0 nitrogen and oxygen atoms in total. The second-order valence-corrected chi connectivity index (χ2v) is 2.53. The maximum absolute atomic E-state index is 2.21. The van der Waals surface area contributed by atoms with E-state index in [-0.39, 0.29) is 0 Å². The molecule has 1 aliphatic rings. The Kier molecular flexibility index (Phi) is 12.3. The summed E-state index contributed by atoms with van der Waals surface area (Å²) >= 11 is 0. The van der Waals surface area contributed by atoms with Gasteiger partial charge in [0, 0.05) is 0 Å². The lowest BCUT2D eigenvalue weighted by Gasteiger charge is -2.05. The summed E-state index contributed by atoms with van der Waals surface area (Å²) in [5.41, 5.74) is 3.02. The maximum Gasteiger partial charge on any atom is -0.0283 e. The quantitative estimate of drug-likeness (QED) is 0.490. The summed E-state index contributed by atoms with van der Waals surface area (Å²) in [6, 6.07) is 0. The van der Waals surface area contributed by atoms with Gasteiger partial charge in [-0.3, -0.25) is 0 Å². The summed E-state index contributed by atoms with van der Waals surface area (Å²) in [5, 5.41) is 0. The van der Waals surface area contributed by atoms with Crippen molar-refractivity contribution >= 4 is 0 Å². The second kappa shape index (κ2) is 10.5. The van der Waals surface area contributed by atoms with Crippen LogP contribution in [-0.2, 0) is 0 Å². The lowest BCUT2D eigenvalue weighted by molar-refractivity contribution is 0.906. The Morgan fingerprint density at radius 2 is 1.00 bits per heavy atom. The average molecular weight is 168 g/mol. The molecule has 0 amide bonds. The molecule has 0 radical (unpaired) electrons. The Morgan fingerprint density at radius 1 is 0.750 bits per heavy atom. The van der Waals surface area contributed by atoms with Crippen LogP contribution in [0.3, 0.4) is 0 Å². The minimum atomic E-state index is 1.27. The molecule has 0 heteroatoms. The number of rotatable bonds is 0. The fourth-order valence-electron chi connectivity index (χ4n) is 0.846. The van der Waals surface area contributed by atoms with E-state index < -0.39 is 0 Å². The van der Waals surface area contributed by atoms with Gasteiger partial charge in [-0.1, -0.05) is 51.0 Å². The smallest absolute Gasteiger partial charge is 0.0283 e. The molecule has 0 atom stereocenters. The van der Waals surface area contributed by atoms with Gasteiger partial charge in [0.15, 0.2) is 0 Å². The van der Waals surface area contributed by atoms with Gasteiger partial charge in [-0.2, -0.15) is 0 Å². The van der Waals surface area contributed by atoms with Crippen molar-refractivity contribution in [2.45, 2.75) is 54.4 Å². The van der Waals surface area contributed by atoms with Gasteiger partial charge in [-0.05, 0) is 26.7 Å². The monoisotopic (exact) mass is 168 g/mol. The molecule has 0 bridgehead atoms. The lowest BCUT2D eigenvalue weighted by atomic mass is 10.0. The van der Waals surface area contributed by atoms with E-state index in [4.69, 9.17) is 0 Å². The Bertz CT molecular complexity index is 120. The summed E-state index contributed by atoms with van der Waals surface area (Å²) in [6.07, 6.45) is 6.95. The summed E-state index contributed by atoms with van der Waals surface area (Å²) in [4.78, 5) is 0. The highest BCUT2D eigenvalue weighted by atomic mass is 14.0. The number of allylic oxidation sites excluding steroid dienone is 4. The highest BCUT2D eigenvalue weighted by Crippen LogP contribution is 2.15. The number of hydrogen-bond donors (Lipinski definition) is 0. The van der Waals surface area contributed by atoms with E-state index >= 15 is 0 Å². The molecule has 0 unspecified atom stereocenters. The van der Waals surface area contributed by atoms with E-state index in [2.05, 4.69) is 26.0 Å². The molecule has 0 saturated heterocycles. The van der Waals surface area contributed by atoms with Gasteiger partial charge in [0.25, 0.3) is 0 Å². The van der Waals surface area contributed by atoms with E-state index in [0.29, 0.717) is 0 Å². The Labute approximate surface area is 78.4 Å².